The largest absolute Gasteiger partial charge is 0.326 e. The Labute approximate surface area is 228 Å². The number of hydrogen-bond acceptors (Lipinski definition) is 0. The van der Waals surface area contributed by atoms with Gasteiger partial charge in [0.25, 0.3) is 0 Å². The van der Waals surface area contributed by atoms with E-state index in [0.29, 0.717) is 0 Å². The first kappa shape index (κ1) is 29.1. The highest BCUT2D eigenvalue weighted by molar-refractivity contribution is 6.63. The highest BCUT2D eigenvalue weighted by Gasteiger charge is 2.39. The molecule has 0 aromatic rings. The summed E-state index contributed by atoms with van der Waals surface area (Å²) in [6.07, 6.45) is 36.6. The van der Waals surface area contributed by atoms with Crippen LogP contribution in [0.5, 0.6) is 0 Å². The van der Waals surface area contributed by atoms with Crippen LogP contribution < -0.4 is 0 Å². The molecule has 0 atom stereocenters. The summed E-state index contributed by atoms with van der Waals surface area (Å²) in [5.74, 6) is 4.48. The van der Waals surface area contributed by atoms with E-state index < -0.39 is 0 Å². The maximum atomic E-state index is 2.60. The van der Waals surface area contributed by atoms with Crippen LogP contribution in [0.2, 0.25) is 35.9 Å². The fraction of sp³-hybridized carbons (Fsp3) is 1.00. The summed E-state index contributed by atoms with van der Waals surface area (Å²) >= 11 is 0. The molecule has 36 heavy (non-hydrogen) atoms. The molecule has 1 nitrogen and oxygen atoms in total. The van der Waals surface area contributed by atoms with E-state index in [-0.39, 0.29) is 0 Å². The van der Waals surface area contributed by atoms with Crippen molar-refractivity contribution in [1.29, 1.82) is 0 Å². The lowest BCUT2D eigenvalue weighted by Gasteiger charge is -2.40. The van der Waals surface area contributed by atoms with Gasteiger partial charge in [0.15, 0.2) is 0 Å². The van der Waals surface area contributed by atoms with Gasteiger partial charge in [0.05, 0.1) is 26.7 Å². The van der Waals surface area contributed by atoms with Crippen LogP contribution in [0.15, 0.2) is 0 Å². The summed E-state index contributed by atoms with van der Waals surface area (Å²) in [4.78, 5) is 0. The molecular weight excluding hydrogens is 432 g/mol. The number of rotatable bonds is 17. The van der Waals surface area contributed by atoms with Gasteiger partial charge in [-0.1, -0.05) is 152 Å². The Morgan fingerprint density at radius 3 is 1.17 bits per heavy atom. The predicted octanol–water partition coefficient (Wildman–Crippen LogP) is 10.6. The lowest BCUT2D eigenvalue weighted by atomic mass is 9.26. The average Bonchev–Trinajstić information content (AvgIpc) is 2.86. The summed E-state index contributed by atoms with van der Waals surface area (Å²) in [7, 11) is 2.60. The van der Waals surface area contributed by atoms with E-state index in [1.54, 1.807) is 89.7 Å². The SMILES string of the molecule is CCCC[N+](C)(CCCCCCB1C2CCCC1CCC2)CCCCCCB1C2CCCC1CCC2. The Morgan fingerprint density at radius 2 is 0.806 bits per heavy atom. The molecule has 4 rings (SSSR count). The highest BCUT2D eigenvalue weighted by atomic mass is 15.3. The van der Waals surface area contributed by atoms with Gasteiger partial charge in [-0.05, 0) is 32.1 Å². The Kier molecular flexibility index (Phi) is 12.6. The van der Waals surface area contributed by atoms with Gasteiger partial charge in [0, 0.05) is 0 Å². The summed E-state index contributed by atoms with van der Waals surface area (Å²) in [6, 6.07) is 0. The molecule has 0 spiro atoms. The van der Waals surface area contributed by atoms with Gasteiger partial charge >= 0.3 is 0 Å². The molecule has 0 saturated carbocycles. The lowest BCUT2D eigenvalue weighted by molar-refractivity contribution is -0.910. The summed E-state index contributed by atoms with van der Waals surface area (Å²) < 4.78 is 1.37. The molecule has 4 saturated heterocycles. The molecule has 0 aromatic carbocycles. The monoisotopic (exact) mass is 497 g/mol. The minimum absolute atomic E-state index is 1.12. The zero-order valence-electron chi connectivity index (χ0n) is 25.0. The topological polar surface area (TPSA) is 0 Å². The first-order valence-corrected chi connectivity index (χ1v) is 17.5. The van der Waals surface area contributed by atoms with E-state index in [1.807, 2.05) is 0 Å². The van der Waals surface area contributed by atoms with Crippen LogP contribution in [0, 0.1) is 0 Å². The first-order valence-electron chi connectivity index (χ1n) is 17.5. The Morgan fingerprint density at radius 1 is 0.472 bits per heavy atom. The van der Waals surface area contributed by atoms with Crippen LogP contribution in [-0.4, -0.2) is 44.6 Å². The van der Waals surface area contributed by atoms with Gasteiger partial charge in [-0.25, -0.2) is 0 Å². The second-order valence-corrected chi connectivity index (χ2v) is 14.6. The molecule has 0 aromatic heterocycles. The van der Waals surface area contributed by atoms with E-state index in [2.05, 4.69) is 14.0 Å². The second-order valence-electron chi connectivity index (χ2n) is 14.6. The van der Waals surface area contributed by atoms with E-state index >= 15 is 0 Å². The van der Waals surface area contributed by atoms with E-state index in [9.17, 15) is 0 Å². The third kappa shape index (κ3) is 8.81. The zero-order chi connectivity index (χ0) is 25.1. The van der Waals surface area contributed by atoms with Crippen LogP contribution in [0.4, 0.5) is 0 Å². The van der Waals surface area contributed by atoms with Crippen molar-refractivity contribution in [3.63, 3.8) is 0 Å². The third-order valence-electron chi connectivity index (χ3n) is 12.0. The summed E-state index contributed by atoms with van der Waals surface area (Å²) in [5.41, 5.74) is 0. The number of fused-ring (bicyclic) bond motifs is 4. The molecule has 206 valence electrons. The normalized spacial score (nSPS) is 29.8. The molecule has 0 radical (unpaired) electrons. The lowest BCUT2D eigenvalue weighted by Crippen LogP contribution is -2.46. The molecule has 4 aliphatic rings. The number of unbranched alkanes of at least 4 members (excludes halogenated alkanes) is 7. The van der Waals surface area contributed by atoms with Crippen LogP contribution >= 0.6 is 0 Å². The van der Waals surface area contributed by atoms with Crippen molar-refractivity contribution in [2.75, 3.05) is 26.7 Å². The minimum atomic E-state index is 1.12. The predicted molar refractivity (Wildman–Crippen MR) is 164 cm³/mol. The molecule has 4 bridgehead atoms. The smallest absolute Gasteiger partial charge is 0.146 e. The van der Waals surface area contributed by atoms with Crippen LogP contribution in [-0.2, 0) is 0 Å². The number of quaternary nitrogens is 1. The zero-order valence-corrected chi connectivity index (χ0v) is 25.0. The maximum absolute atomic E-state index is 2.60. The second kappa shape index (κ2) is 15.6. The van der Waals surface area contributed by atoms with Crippen LogP contribution in [0.3, 0.4) is 0 Å². The van der Waals surface area contributed by atoms with Gasteiger partial charge in [-0.2, -0.15) is 0 Å². The molecule has 4 fully saturated rings. The van der Waals surface area contributed by atoms with Crippen molar-refractivity contribution in [2.45, 2.75) is 184 Å². The first-order chi connectivity index (χ1) is 17.7. The number of nitrogens with zero attached hydrogens (tertiary/aromatic N) is 1. The van der Waals surface area contributed by atoms with Crippen molar-refractivity contribution in [3.05, 3.63) is 0 Å². The number of hydrogen-bond donors (Lipinski definition) is 0. The molecule has 0 aliphatic carbocycles. The van der Waals surface area contributed by atoms with Gasteiger partial charge in [-0.3, -0.25) is 0 Å². The molecular formula is C33H64B2N+. The van der Waals surface area contributed by atoms with Crippen molar-refractivity contribution >= 4 is 13.4 Å². The highest BCUT2D eigenvalue weighted by Crippen LogP contribution is 2.49. The minimum Gasteiger partial charge on any atom is -0.326 e. The van der Waals surface area contributed by atoms with Crippen molar-refractivity contribution in [3.8, 4) is 0 Å². The summed E-state index contributed by atoms with van der Waals surface area (Å²) in [6.45, 7) is 8.94. The molecule has 0 amide bonds. The Balaban J connectivity index is 1.06. The van der Waals surface area contributed by atoms with E-state index in [0.717, 1.165) is 36.7 Å². The summed E-state index contributed by atoms with van der Waals surface area (Å²) in [5, 5.41) is 0. The van der Waals surface area contributed by atoms with Crippen molar-refractivity contribution in [1.82, 2.24) is 0 Å². The van der Waals surface area contributed by atoms with Gasteiger partial charge < -0.3 is 4.48 Å². The fourth-order valence-corrected chi connectivity index (χ4v) is 9.90. The van der Waals surface area contributed by atoms with Gasteiger partial charge in [0.2, 0.25) is 0 Å². The Hall–Kier alpha value is 0.0899. The van der Waals surface area contributed by atoms with Gasteiger partial charge in [0.1, 0.15) is 13.4 Å². The molecule has 4 heterocycles. The average molecular weight is 497 g/mol. The quantitative estimate of drug-likeness (QED) is 0.107. The molecule has 4 aliphatic heterocycles. The van der Waals surface area contributed by atoms with Gasteiger partial charge in [-0.15, -0.1) is 0 Å². The van der Waals surface area contributed by atoms with E-state index in [4.69, 9.17) is 0 Å². The molecule has 3 heteroatoms. The molecule has 0 N–H and O–H groups in total. The van der Waals surface area contributed by atoms with Crippen LogP contribution in [0.25, 0.3) is 0 Å². The van der Waals surface area contributed by atoms with Crippen LogP contribution in [0.1, 0.15) is 148 Å². The van der Waals surface area contributed by atoms with Crippen molar-refractivity contribution < 1.29 is 4.48 Å². The van der Waals surface area contributed by atoms with E-state index in [1.165, 1.54) is 88.3 Å². The van der Waals surface area contributed by atoms with Crippen molar-refractivity contribution in [2.24, 2.45) is 0 Å². The third-order valence-corrected chi connectivity index (χ3v) is 12.0. The maximum Gasteiger partial charge on any atom is 0.146 e. The standard InChI is InChI=1S/C33H64B2N/c1-3-4-27-36(2,28-11-7-5-9-25-34-30-17-13-18-31(34)20-14-19-30)29-12-8-6-10-26-35-32-21-15-22-33(35)24-16-23-32/h30-33H,3-29H2,1-2H3/q+1. The Bertz CT molecular complexity index is 506. The molecule has 0 unspecified atom stereocenters. The fourth-order valence-electron chi connectivity index (χ4n) is 9.90.